The number of ether oxygens (including phenoxy) is 2. The minimum Gasteiger partial charge on any atom is -0.494 e. The molecule has 1 saturated heterocycles. The summed E-state index contributed by atoms with van der Waals surface area (Å²) in [6.45, 7) is 2.61. The number of carbonyl (C=O) groups is 1. The predicted molar refractivity (Wildman–Crippen MR) is 145 cm³/mol. The maximum Gasteiger partial charge on any atom is 0.251 e. The number of aliphatic hydroxyl groups excluding tert-OH is 1. The third kappa shape index (κ3) is 7.04. The van der Waals surface area contributed by atoms with E-state index in [9.17, 15) is 9.90 Å². The van der Waals surface area contributed by atoms with Gasteiger partial charge < -0.3 is 19.9 Å². The lowest BCUT2D eigenvalue weighted by Gasteiger charge is -2.33. The molecular formula is C29H32ClNO4S. The number of benzene rings is 3. The molecule has 190 valence electrons. The summed E-state index contributed by atoms with van der Waals surface area (Å²) in [5.41, 5.74) is 3.85. The minimum atomic E-state index is -0.421. The highest BCUT2D eigenvalue weighted by Crippen LogP contribution is 2.35. The Morgan fingerprint density at radius 3 is 2.56 bits per heavy atom. The monoisotopic (exact) mass is 525 g/mol. The molecule has 0 saturated carbocycles. The first-order valence-corrected chi connectivity index (χ1v) is 13.6. The fourth-order valence-electron chi connectivity index (χ4n) is 4.37. The van der Waals surface area contributed by atoms with Crippen LogP contribution in [0.25, 0.3) is 0 Å². The van der Waals surface area contributed by atoms with Crippen molar-refractivity contribution in [2.75, 3.05) is 19.4 Å². The Hall–Kier alpha value is -2.51. The lowest BCUT2D eigenvalue weighted by Crippen LogP contribution is -2.32. The van der Waals surface area contributed by atoms with Crippen LogP contribution in [0, 0.1) is 0 Å². The molecule has 1 unspecified atom stereocenters. The number of aliphatic hydroxyl groups is 1. The normalized spacial score (nSPS) is 19.6. The van der Waals surface area contributed by atoms with Crippen molar-refractivity contribution in [2.24, 2.45) is 0 Å². The SMILES string of the molecule is CCOc1ccc(Cc2cc([C@H]3CC(O)C[C@@H](CSc4ccc(C(=O)NC)cc4)O3)ccc2Cl)cc1. The van der Waals surface area contributed by atoms with Crippen molar-refractivity contribution in [1.29, 1.82) is 0 Å². The molecule has 1 fully saturated rings. The van der Waals surface area contributed by atoms with Crippen LogP contribution >= 0.6 is 23.4 Å². The van der Waals surface area contributed by atoms with Crippen molar-refractivity contribution >= 4 is 29.3 Å². The molecule has 0 bridgehead atoms. The predicted octanol–water partition coefficient (Wildman–Crippen LogP) is 6.06. The van der Waals surface area contributed by atoms with E-state index < -0.39 is 6.10 Å². The molecule has 3 aromatic rings. The van der Waals surface area contributed by atoms with Crippen LogP contribution in [0.3, 0.4) is 0 Å². The van der Waals surface area contributed by atoms with Gasteiger partial charge in [0.15, 0.2) is 0 Å². The molecule has 1 amide bonds. The van der Waals surface area contributed by atoms with Gasteiger partial charge in [0.05, 0.1) is 24.9 Å². The molecule has 2 N–H and O–H groups in total. The van der Waals surface area contributed by atoms with Crippen LogP contribution in [-0.2, 0) is 11.2 Å². The second-order valence-electron chi connectivity index (χ2n) is 8.89. The first-order chi connectivity index (χ1) is 17.4. The maximum absolute atomic E-state index is 11.7. The quantitative estimate of drug-likeness (QED) is 0.332. The van der Waals surface area contributed by atoms with E-state index in [1.165, 1.54) is 0 Å². The van der Waals surface area contributed by atoms with Gasteiger partial charge in [-0.2, -0.15) is 0 Å². The zero-order valence-electron chi connectivity index (χ0n) is 20.6. The first kappa shape index (κ1) is 26.6. The van der Waals surface area contributed by atoms with E-state index in [0.29, 0.717) is 31.4 Å². The van der Waals surface area contributed by atoms with Gasteiger partial charge in [-0.1, -0.05) is 35.9 Å². The number of hydrogen-bond acceptors (Lipinski definition) is 5. The molecule has 7 heteroatoms. The van der Waals surface area contributed by atoms with Crippen molar-refractivity contribution in [3.05, 3.63) is 94.0 Å². The van der Waals surface area contributed by atoms with Gasteiger partial charge in [0.25, 0.3) is 5.91 Å². The minimum absolute atomic E-state index is 0.0763. The van der Waals surface area contributed by atoms with Crippen LogP contribution in [-0.4, -0.2) is 42.6 Å². The van der Waals surface area contributed by atoms with Crippen molar-refractivity contribution in [1.82, 2.24) is 5.32 Å². The highest BCUT2D eigenvalue weighted by molar-refractivity contribution is 7.99. The molecule has 0 spiro atoms. The molecule has 1 aliphatic rings. The highest BCUT2D eigenvalue weighted by atomic mass is 35.5. The van der Waals surface area contributed by atoms with Gasteiger partial charge in [-0.3, -0.25) is 4.79 Å². The van der Waals surface area contributed by atoms with E-state index in [-0.39, 0.29) is 18.1 Å². The van der Waals surface area contributed by atoms with E-state index in [4.69, 9.17) is 21.1 Å². The zero-order chi connectivity index (χ0) is 25.5. The van der Waals surface area contributed by atoms with Gasteiger partial charge in [-0.05, 0) is 72.5 Å². The summed E-state index contributed by atoms with van der Waals surface area (Å²) in [5.74, 6) is 1.48. The number of rotatable bonds is 9. The number of thioether (sulfide) groups is 1. The van der Waals surface area contributed by atoms with Gasteiger partial charge in [-0.15, -0.1) is 11.8 Å². The molecule has 1 aliphatic heterocycles. The van der Waals surface area contributed by atoms with Gasteiger partial charge in [0.1, 0.15) is 5.75 Å². The Kier molecular flexibility index (Phi) is 9.32. The second-order valence-corrected chi connectivity index (χ2v) is 10.4. The van der Waals surface area contributed by atoms with Crippen LogP contribution in [0.15, 0.2) is 71.6 Å². The summed E-state index contributed by atoms with van der Waals surface area (Å²) in [7, 11) is 1.62. The summed E-state index contributed by atoms with van der Waals surface area (Å²) in [6, 6.07) is 21.6. The molecule has 36 heavy (non-hydrogen) atoms. The van der Waals surface area contributed by atoms with Crippen LogP contribution in [0.1, 0.15) is 52.9 Å². The number of nitrogens with one attached hydrogen (secondary N) is 1. The molecule has 0 aliphatic carbocycles. The summed E-state index contributed by atoms with van der Waals surface area (Å²) in [6.07, 6.45) is 1.19. The van der Waals surface area contributed by atoms with Crippen molar-refractivity contribution in [2.45, 2.75) is 49.4 Å². The summed E-state index contributed by atoms with van der Waals surface area (Å²) >= 11 is 8.20. The Morgan fingerprint density at radius 1 is 1.11 bits per heavy atom. The Morgan fingerprint density at radius 2 is 1.86 bits per heavy atom. The van der Waals surface area contributed by atoms with Crippen LogP contribution < -0.4 is 10.1 Å². The lowest BCUT2D eigenvalue weighted by molar-refractivity contribution is -0.0875. The molecule has 3 aromatic carbocycles. The zero-order valence-corrected chi connectivity index (χ0v) is 22.1. The largest absolute Gasteiger partial charge is 0.494 e. The van der Waals surface area contributed by atoms with Crippen LogP contribution in [0.2, 0.25) is 5.02 Å². The molecule has 0 radical (unpaired) electrons. The van der Waals surface area contributed by atoms with Crippen molar-refractivity contribution in [3.63, 3.8) is 0 Å². The van der Waals surface area contributed by atoms with E-state index in [1.54, 1.807) is 18.8 Å². The van der Waals surface area contributed by atoms with E-state index in [0.717, 1.165) is 38.1 Å². The summed E-state index contributed by atoms with van der Waals surface area (Å²) < 4.78 is 12.0. The molecule has 1 heterocycles. The molecule has 0 aromatic heterocycles. The maximum atomic E-state index is 11.7. The smallest absolute Gasteiger partial charge is 0.251 e. The standard InChI is InChI=1S/C29H32ClNO4S/c1-3-34-24-9-4-19(5-10-24)14-22-15-21(8-13-27(22)30)28-17-23(32)16-25(35-28)18-36-26-11-6-20(7-12-26)29(33)31-2/h4-13,15,23,25,28,32H,3,14,16-18H2,1-2H3,(H,31,33)/t23?,25-,28+/m0/s1. The molecule has 4 rings (SSSR count). The van der Waals surface area contributed by atoms with Gasteiger partial charge in [0.2, 0.25) is 0 Å². The fraction of sp³-hybridized carbons (Fsp3) is 0.345. The number of halogens is 1. The average Bonchev–Trinajstić information content (AvgIpc) is 2.89. The van der Waals surface area contributed by atoms with Crippen molar-refractivity contribution < 1.29 is 19.4 Å². The Bertz CT molecular complexity index is 1150. The van der Waals surface area contributed by atoms with Gasteiger partial charge >= 0.3 is 0 Å². The van der Waals surface area contributed by atoms with Crippen LogP contribution in [0.4, 0.5) is 0 Å². The number of carbonyl (C=O) groups excluding carboxylic acids is 1. The van der Waals surface area contributed by atoms with Crippen molar-refractivity contribution in [3.8, 4) is 5.75 Å². The van der Waals surface area contributed by atoms with E-state index in [2.05, 4.69) is 23.5 Å². The lowest BCUT2D eigenvalue weighted by atomic mass is 9.94. The first-order valence-electron chi connectivity index (χ1n) is 12.2. The number of amides is 1. The van der Waals surface area contributed by atoms with Gasteiger partial charge in [0, 0.05) is 41.1 Å². The van der Waals surface area contributed by atoms with E-state index in [1.807, 2.05) is 55.5 Å². The topological polar surface area (TPSA) is 67.8 Å². The van der Waals surface area contributed by atoms with E-state index >= 15 is 0 Å². The summed E-state index contributed by atoms with van der Waals surface area (Å²) in [5, 5.41) is 13.9. The third-order valence-corrected chi connectivity index (χ3v) is 7.74. The Balaban J connectivity index is 1.40. The van der Waals surface area contributed by atoms with Gasteiger partial charge in [-0.25, -0.2) is 0 Å². The fourth-order valence-corrected chi connectivity index (χ4v) is 5.47. The third-order valence-electron chi connectivity index (χ3n) is 6.23. The summed E-state index contributed by atoms with van der Waals surface area (Å²) in [4.78, 5) is 12.8. The Labute approximate surface area is 222 Å². The molecule has 5 nitrogen and oxygen atoms in total. The molecule has 3 atom stereocenters. The highest BCUT2D eigenvalue weighted by Gasteiger charge is 2.29. The average molecular weight is 526 g/mol. The van der Waals surface area contributed by atoms with Crippen LogP contribution in [0.5, 0.6) is 5.75 Å². The second kappa shape index (κ2) is 12.6. The molecular weight excluding hydrogens is 494 g/mol. The number of hydrogen-bond donors (Lipinski definition) is 2.